The summed E-state index contributed by atoms with van der Waals surface area (Å²) in [6, 6.07) is 0. The highest BCUT2D eigenvalue weighted by Gasteiger charge is 1.82. The maximum absolute atomic E-state index is 4.35. The molecule has 0 aromatic heterocycles. The van der Waals surface area contributed by atoms with E-state index < -0.39 is 0 Å². The molecule has 0 unspecified atom stereocenters. The molecule has 0 heterocycles. The number of hydrogen-bond donors (Lipinski definition) is 0. The molecule has 65 valence electrons. The molecule has 1 radical (unpaired) electrons. The summed E-state index contributed by atoms with van der Waals surface area (Å²) in [6.45, 7) is 6.34. The Bertz CT molecular complexity index is 86.9. The fourth-order valence-corrected chi connectivity index (χ4v) is 0.795. The summed E-state index contributed by atoms with van der Waals surface area (Å²) in [5.41, 5.74) is 0. The van der Waals surface area contributed by atoms with Crippen LogP contribution < -0.4 is 5.32 Å². The average molecular weight is 154 g/mol. The fraction of sp³-hybridized carbons (Fsp3) is 0.800. The van der Waals surface area contributed by atoms with Crippen molar-refractivity contribution in [3.8, 4) is 0 Å². The van der Waals surface area contributed by atoms with Gasteiger partial charge in [-0.05, 0) is 12.8 Å². The number of allylic oxidation sites excluding steroid dienone is 1. The molecule has 0 amide bonds. The third kappa shape index (κ3) is 9.70. The normalized spacial score (nSPS) is 11.1. The van der Waals surface area contributed by atoms with E-state index in [4.69, 9.17) is 0 Å². The van der Waals surface area contributed by atoms with Gasteiger partial charge in [0.05, 0.1) is 0 Å². The molecule has 1 nitrogen and oxygen atoms in total. The summed E-state index contributed by atoms with van der Waals surface area (Å²) < 4.78 is 0. The van der Waals surface area contributed by atoms with Crippen molar-refractivity contribution >= 4 is 0 Å². The lowest BCUT2D eigenvalue weighted by molar-refractivity contribution is 0.669. The molecule has 1 heteroatoms. The van der Waals surface area contributed by atoms with Gasteiger partial charge in [0.25, 0.3) is 0 Å². The molecule has 0 fully saturated rings. The summed E-state index contributed by atoms with van der Waals surface area (Å²) in [4.78, 5) is 0. The predicted molar refractivity (Wildman–Crippen MR) is 50.8 cm³/mol. The topological polar surface area (TPSA) is 14.1 Å². The van der Waals surface area contributed by atoms with Crippen molar-refractivity contribution in [3.63, 3.8) is 0 Å². The zero-order chi connectivity index (χ0) is 8.36. The van der Waals surface area contributed by atoms with E-state index >= 15 is 0 Å². The average Bonchev–Trinajstić information content (AvgIpc) is 2.03. The van der Waals surface area contributed by atoms with E-state index in [1.165, 1.54) is 25.7 Å². The second kappa shape index (κ2) is 9.70. The van der Waals surface area contributed by atoms with Crippen LogP contribution in [0.2, 0.25) is 0 Å². The molecular formula is C10H20N. The standard InChI is InChI=1S/C10H20N/c1-3-5-7-8-10-11-9-6-4-2/h7-8H,3-6,9-10H2,1-2H3. The van der Waals surface area contributed by atoms with E-state index in [1.807, 2.05) is 0 Å². The van der Waals surface area contributed by atoms with E-state index in [1.54, 1.807) is 0 Å². The van der Waals surface area contributed by atoms with Crippen LogP contribution in [0.5, 0.6) is 0 Å². The van der Waals surface area contributed by atoms with Gasteiger partial charge in [0.15, 0.2) is 0 Å². The maximum atomic E-state index is 4.35. The van der Waals surface area contributed by atoms with Gasteiger partial charge in [0.1, 0.15) is 0 Å². The van der Waals surface area contributed by atoms with E-state index in [0.29, 0.717) is 0 Å². The van der Waals surface area contributed by atoms with Crippen molar-refractivity contribution in [3.05, 3.63) is 12.2 Å². The fourth-order valence-electron chi connectivity index (χ4n) is 0.795. The summed E-state index contributed by atoms with van der Waals surface area (Å²) in [7, 11) is 0. The Morgan fingerprint density at radius 3 is 2.55 bits per heavy atom. The van der Waals surface area contributed by atoms with Crippen molar-refractivity contribution in [2.24, 2.45) is 0 Å². The van der Waals surface area contributed by atoms with Gasteiger partial charge < -0.3 is 0 Å². The lowest BCUT2D eigenvalue weighted by atomic mass is 10.3. The second-order valence-electron chi connectivity index (χ2n) is 2.74. The predicted octanol–water partition coefficient (Wildman–Crippen LogP) is 2.75. The molecule has 0 saturated heterocycles. The first-order valence-corrected chi connectivity index (χ1v) is 4.70. The van der Waals surface area contributed by atoms with E-state index in [9.17, 15) is 0 Å². The number of nitrogens with zero attached hydrogens (tertiary/aromatic N) is 1. The zero-order valence-electron chi connectivity index (χ0n) is 7.84. The summed E-state index contributed by atoms with van der Waals surface area (Å²) in [5.74, 6) is 0. The van der Waals surface area contributed by atoms with E-state index in [0.717, 1.165) is 13.1 Å². The Morgan fingerprint density at radius 1 is 1.09 bits per heavy atom. The first kappa shape index (κ1) is 10.7. The summed E-state index contributed by atoms with van der Waals surface area (Å²) in [5, 5.41) is 4.35. The van der Waals surface area contributed by atoms with E-state index in [-0.39, 0.29) is 0 Å². The molecule has 0 bridgehead atoms. The molecule has 0 rings (SSSR count). The molecule has 0 N–H and O–H groups in total. The van der Waals surface area contributed by atoms with Crippen molar-refractivity contribution in [2.45, 2.75) is 39.5 Å². The Hall–Kier alpha value is -0.300. The van der Waals surface area contributed by atoms with Crippen molar-refractivity contribution < 1.29 is 0 Å². The van der Waals surface area contributed by atoms with Crippen LogP contribution in [-0.2, 0) is 0 Å². The second-order valence-corrected chi connectivity index (χ2v) is 2.74. The van der Waals surface area contributed by atoms with E-state index in [2.05, 4.69) is 31.3 Å². The van der Waals surface area contributed by atoms with Crippen LogP contribution in [0.4, 0.5) is 0 Å². The first-order valence-electron chi connectivity index (χ1n) is 4.70. The van der Waals surface area contributed by atoms with Crippen LogP contribution in [0.15, 0.2) is 12.2 Å². The van der Waals surface area contributed by atoms with Gasteiger partial charge in [-0.2, -0.15) is 0 Å². The van der Waals surface area contributed by atoms with Crippen molar-refractivity contribution in [1.29, 1.82) is 0 Å². The molecule has 0 aromatic rings. The minimum absolute atomic E-state index is 0.917. The largest absolute Gasteiger partial charge is 0.238 e. The lowest BCUT2D eigenvalue weighted by Gasteiger charge is -1.94. The molecular weight excluding hydrogens is 134 g/mol. The van der Waals surface area contributed by atoms with Crippen molar-refractivity contribution in [1.82, 2.24) is 5.32 Å². The monoisotopic (exact) mass is 154 g/mol. The smallest absolute Gasteiger partial charge is 0.0314 e. The van der Waals surface area contributed by atoms with Crippen molar-refractivity contribution in [2.75, 3.05) is 13.1 Å². The Morgan fingerprint density at radius 2 is 1.91 bits per heavy atom. The van der Waals surface area contributed by atoms with Gasteiger partial charge in [0, 0.05) is 13.1 Å². The molecule has 0 spiro atoms. The minimum atomic E-state index is 0.917. The zero-order valence-corrected chi connectivity index (χ0v) is 7.84. The quantitative estimate of drug-likeness (QED) is 0.395. The van der Waals surface area contributed by atoms with Gasteiger partial charge in [-0.1, -0.05) is 38.8 Å². The summed E-state index contributed by atoms with van der Waals surface area (Å²) in [6.07, 6.45) is 9.31. The minimum Gasteiger partial charge on any atom is -0.238 e. The summed E-state index contributed by atoms with van der Waals surface area (Å²) >= 11 is 0. The molecule has 0 saturated carbocycles. The van der Waals surface area contributed by atoms with Crippen LogP contribution in [0.25, 0.3) is 0 Å². The van der Waals surface area contributed by atoms with Crippen LogP contribution in [0.1, 0.15) is 39.5 Å². The van der Waals surface area contributed by atoms with Crippen LogP contribution in [0.3, 0.4) is 0 Å². The molecule has 0 aliphatic carbocycles. The molecule has 0 atom stereocenters. The Kier molecular flexibility index (Phi) is 9.44. The SMILES string of the molecule is CCCC=CC[N]CCCC. The third-order valence-corrected chi connectivity index (χ3v) is 1.53. The van der Waals surface area contributed by atoms with Crippen LogP contribution >= 0.6 is 0 Å². The van der Waals surface area contributed by atoms with Gasteiger partial charge in [-0.3, -0.25) is 0 Å². The first-order chi connectivity index (χ1) is 5.41. The number of unbranched alkanes of at least 4 members (excludes halogenated alkanes) is 2. The molecule has 11 heavy (non-hydrogen) atoms. The van der Waals surface area contributed by atoms with Gasteiger partial charge in [0.2, 0.25) is 0 Å². The van der Waals surface area contributed by atoms with Gasteiger partial charge in [-0.25, -0.2) is 5.32 Å². The molecule has 0 aromatic carbocycles. The molecule has 0 aliphatic heterocycles. The molecule has 0 aliphatic rings. The number of rotatable bonds is 7. The third-order valence-electron chi connectivity index (χ3n) is 1.53. The van der Waals surface area contributed by atoms with Gasteiger partial charge >= 0.3 is 0 Å². The Labute approximate surface area is 70.9 Å². The Balaban J connectivity index is 2.89. The highest BCUT2D eigenvalue weighted by molar-refractivity contribution is 4.82. The number of hydrogen-bond acceptors (Lipinski definition) is 0. The lowest BCUT2D eigenvalue weighted by Crippen LogP contribution is -2.05. The van der Waals surface area contributed by atoms with Crippen LogP contribution in [-0.4, -0.2) is 13.1 Å². The highest BCUT2D eigenvalue weighted by Crippen LogP contribution is 1.88. The van der Waals surface area contributed by atoms with Gasteiger partial charge in [-0.15, -0.1) is 0 Å². The van der Waals surface area contributed by atoms with Crippen LogP contribution in [0, 0.1) is 0 Å². The maximum Gasteiger partial charge on any atom is 0.0314 e. The highest BCUT2D eigenvalue weighted by atomic mass is 14.8.